The zero-order valence-electron chi connectivity index (χ0n) is 15.2. The number of nitrogens with zero attached hydrogens (tertiary/aromatic N) is 2. The molecule has 2 heterocycles. The lowest BCUT2D eigenvalue weighted by Gasteiger charge is -2.31. The summed E-state index contributed by atoms with van der Waals surface area (Å²) in [6.45, 7) is 3.07. The van der Waals surface area contributed by atoms with Crippen molar-refractivity contribution in [2.75, 3.05) is 18.6 Å². The number of hydrogen-bond donors (Lipinski definition) is 1. The van der Waals surface area contributed by atoms with E-state index in [2.05, 4.69) is 16.4 Å². The molecule has 0 saturated heterocycles. The van der Waals surface area contributed by atoms with Gasteiger partial charge in [0.15, 0.2) is 6.04 Å². The number of ether oxygens (including phenoxy) is 1. The van der Waals surface area contributed by atoms with Gasteiger partial charge in [0.25, 0.3) is 11.6 Å². The van der Waals surface area contributed by atoms with Crippen molar-refractivity contribution >= 4 is 23.1 Å². The van der Waals surface area contributed by atoms with Gasteiger partial charge in [-0.15, -0.1) is 0 Å². The lowest BCUT2D eigenvalue weighted by Crippen LogP contribution is -2.50. The van der Waals surface area contributed by atoms with Gasteiger partial charge in [-0.3, -0.25) is 4.58 Å². The molecule has 2 aromatic carbocycles. The van der Waals surface area contributed by atoms with Crippen LogP contribution in [0.25, 0.3) is 0 Å². The van der Waals surface area contributed by atoms with Gasteiger partial charge < -0.3 is 9.84 Å². The Morgan fingerprint density at radius 1 is 1.12 bits per heavy atom. The Morgan fingerprint density at radius 3 is 2.46 bits per heavy atom. The van der Waals surface area contributed by atoms with Crippen LogP contribution in [0.15, 0.2) is 48.5 Å². The Bertz CT molecular complexity index is 832. The lowest BCUT2D eigenvalue weighted by atomic mass is 9.94. The summed E-state index contributed by atoms with van der Waals surface area (Å²) in [5, 5.41) is 12.7. The largest absolute Gasteiger partial charge is 0.497 e. The molecule has 26 heavy (non-hydrogen) atoms. The number of anilines is 1. The van der Waals surface area contributed by atoms with Gasteiger partial charge in [-0.05, 0) is 56.2 Å². The normalized spacial score (nSPS) is 25.4. The first kappa shape index (κ1) is 17.4. The maximum Gasteiger partial charge on any atom is 0.278 e. The quantitative estimate of drug-likeness (QED) is 0.828. The molecule has 0 aromatic heterocycles. The third-order valence-electron chi connectivity index (χ3n) is 5.63. The van der Waals surface area contributed by atoms with Gasteiger partial charge >= 0.3 is 0 Å². The molecule has 2 aromatic rings. The number of rotatable bonds is 3. The van der Waals surface area contributed by atoms with Crippen molar-refractivity contribution < 1.29 is 14.4 Å². The standard InChI is InChI=1S/C21H24ClN2O2/c1-15-21(25,16-6-8-17(22)9-7-16)24(20-5-3-4-14-23(15)20)18-10-12-19(26-2)13-11-18/h6-13,15,25H,3-5,14H2,1-2H3/q+1/t15-,21+/m0/s1. The smallest absolute Gasteiger partial charge is 0.278 e. The maximum atomic E-state index is 12.0. The van der Waals surface area contributed by atoms with Gasteiger partial charge in [-0.1, -0.05) is 23.7 Å². The molecule has 0 radical (unpaired) electrons. The molecule has 0 spiro atoms. The molecule has 0 bridgehead atoms. The van der Waals surface area contributed by atoms with Crippen molar-refractivity contribution in [2.45, 2.75) is 38.0 Å². The number of hydrogen-bond acceptors (Lipinski definition) is 3. The minimum absolute atomic E-state index is 0.0546. The van der Waals surface area contributed by atoms with Crippen LogP contribution in [0, 0.1) is 0 Å². The molecule has 4 nitrogen and oxygen atoms in total. The molecule has 0 unspecified atom stereocenters. The highest BCUT2D eigenvalue weighted by Gasteiger charge is 2.59. The SMILES string of the molecule is COc1ccc(N2C3=[N+](CCCC3)[C@@H](C)[C@@]2(O)c2ccc(Cl)cc2)cc1. The number of halogens is 1. The number of methoxy groups -OCH3 is 1. The van der Waals surface area contributed by atoms with E-state index in [0.29, 0.717) is 5.02 Å². The Balaban J connectivity index is 1.86. The highest BCUT2D eigenvalue weighted by Crippen LogP contribution is 2.42. The Kier molecular flexibility index (Phi) is 4.41. The van der Waals surface area contributed by atoms with Crippen molar-refractivity contribution in [1.82, 2.24) is 0 Å². The Hall–Kier alpha value is -2.04. The van der Waals surface area contributed by atoms with E-state index in [9.17, 15) is 5.11 Å². The average molecular weight is 372 g/mol. The summed E-state index contributed by atoms with van der Waals surface area (Å²) >= 11 is 6.08. The van der Waals surface area contributed by atoms with Crippen LogP contribution >= 0.6 is 11.6 Å². The first-order chi connectivity index (χ1) is 12.6. The second-order valence-electron chi connectivity index (χ2n) is 7.01. The average Bonchev–Trinajstić information content (AvgIpc) is 2.91. The summed E-state index contributed by atoms with van der Waals surface area (Å²) in [6, 6.07) is 15.4. The zero-order chi connectivity index (χ0) is 18.3. The van der Waals surface area contributed by atoms with Crippen LogP contribution in [0.5, 0.6) is 5.75 Å². The molecule has 2 aliphatic rings. The van der Waals surface area contributed by atoms with E-state index < -0.39 is 5.72 Å². The van der Waals surface area contributed by atoms with Crippen LogP contribution in [0.2, 0.25) is 5.02 Å². The molecule has 5 heteroatoms. The van der Waals surface area contributed by atoms with Crippen molar-refractivity contribution in [3.63, 3.8) is 0 Å². The molecular formula is C21H24ClN2O2+. The summed E-state index contributed by atoms with van der Waals surface area (Å²) in [4.78, 5) is 2.10. The molecular weight excluding hydrogens is 348 g/mol. The van der Waals surface area contributed by atoms with E-state index in [0.717, 1.165) is 42.8 Å². The number of amidine groups is 1. The minimum atomic E-state index is -1.14. The highest BCUT2D eigenvalue weighted by molar-refractivity contribution is 6.30. The monoisotopic (exact) mass is 371 g/mol. The molecule has 4 rings (SSSR count). The predicted octanol–water partition coefficient (Wildman–Crippen LogP) is 4.00. The van der Waals surface area contributed by atoms with Crippen LogP contribution in [0.3, 0.4) is 0 Å². The molecule has 0 saturated carbocycles. The number of aliphatic hydroxyl groups is 1. The van der Waals surface area contributed by atoms with E-state index in [-0.39, 0.29) is 6.04 Å². The zero-order valence-corrected chi connectivity index (χ0v) is 15.9. The summed E-state index contributed by atoms with van der Waals surface area (Å²) in [6.07, 6.45) is 3.26. The maximum absolute atomic E-state index is 12.0. The third kappa shape index (κ3) is 2.60. The number of benzene rings is 2. The summed E-state index contributed by atoms with van der Waals surface area (Å²) < 4.78 is 7.65. The van der Waals surface area contributed by atoms with Gasteiger partial charge in [0.2, 0.25) is 0 Å². The predicted molar refractivity (Wildman–Crippen MR) is 104 cm³/mol. The highest BCUT2D eigenvalue weighted by atomic mass is 35.5. The first-order valence-corrected chi connectivity index (χ1v) is 9.48. The lowest BCUT2D eigenvalue weighted by molar-refractivity contribution is -0.574. The van der Waals surface area contributed by atoms with Crippen molar-refractivity contribution in [3.05, 3.63) is 59.1 Å². The van der Waals surface area contributed by atoms with E-state index in [4.69, 9.17) is 16.3 Å². The fourth-order valence-electron chi connectivity index (χ4n) is 4.24. The molecule has 0 aliphatic carbocycles. The van der Waals surface area contributed by atoms with Crippen molar-refractivity contribution in [3.8, 4) is 5.75 Å². The van der Waals surface area contributed by atoms with Crippen LogP contribution in [-0.2, 0) is 5.72 Å². The molecule has 1 N–H and O–H groups in total. The van der Waals surface area contributed by atoms with E-state index in [1.807, 2.05) is 48.5 Å². The van der Waals surface area contributed by atoms with E-state index >= 15 is 0 Å². The van der Waals surface area contributed by atoms with Crippen LogP contribution in [0.4, 0.5) is 5.69 Å². The van der Waals surface area contributed by atoms with Gasteiger partial charge in [0.1, 0.15) is 11.4 Å². The minimum Gasteiger partial charge on any atom is -0.497 e. The molecule has 2 aliphatic heterocycles. The van der Waals surface area contributed by atoms with Gasteiger partial charge in [-0.25, -0.2) is 0 Å². The van der Waals surface area contributed by atoms with Gasteiger partial charge in [0.05, 0.1) is 13.7 Å². The second-order valence-corrected chi connectivity index (χ2v) is 7.45. The third-order valence-corrected chi connectivity index (χ3v) is 5.88. The molecule has 136 valence electrons. The molecule has 2 atom stereocenters. The fraction of sp³-hybridized carbons (Fsp3) is 0.381. The van der Waals surface area contributed by atoms with Crippen LogP contribution in [-0.4, -0.2) is 35.2 Å². The first-order valence-electron chi connectivity index (χ1n) is 9.11. The second kappa shape index (κ2) is 6.60. The Morgan fingerprint density at radius 2 is 1.81 bits per heavy atom. The van der Waals surface area contributed by atoms with Gasteiger partial charge in [0, 0.05) is 17.0 Å². The summed E-state index contributed by atoms with van der Waals surface area (Å²) in [7, 11) is 1.66. The fourth-order valence-corrected chi connectivity index (χ4v) is 4.36. The molecule has 0 fully saturated rings. The summed E-state index contributed by atoms with van der Waals surface area (Å²) in [5.41, 5.74) is 0.681. The van der Waals surface area contributed by atoms with E-state index in [1.54, 1.807) is 7.11 Å². The van der Waals surface area contributed by atoms with Crippen molar-refractivity contribution in [2.24, 2.45) is 0 Å². The van der Waals surface area contributed by atoms with Gasteiger partial charge in [-0.2, -0.15) is 4.90 Å². The molecule has 0 amide bonds. The Labute approximate surface area is 159 Å². The van der Waals surface area contributed by atoms with E-state index in [1.165, 1.54) is 5.84 Å². The topological polar surface area (TPSA) is 35.7 Å². The van der Waals surface area contributed by atoms with Crippen LogP contribution in [0.1, 0.15) is 31.7 Å². The van der Waals surface area contributed by atoms with Crippen molar-refractivity contribution in [1.29, 1.82) is 0 Å². The van der Waals surface area contributed by atoms with Crippen LogP contribution < -0.4 is 9.64 Å². The summed E-state index contributed by atoms with van der Waals surface area (Å²) in [5.74, 6) is 1.99.